The van der Waals surface area contributed by atoms with Gasteiger partial charge in [-0.1, -0.05) is 29.8 Å². The van der Waals surface area contributed by atoms with Gasteiger partial charge in [-0.15, -0.1) is 0 Å². The quantitative estimate of drug-likeness (QED) is 0.661. The van der Waals surface area contributed by atoms with Gasteiger partial charge in [-0.05, 0) is 36.8 Å². The van der Waals surface area contributed by atoms with Gasteiger partial charge in [-0.25, -0.2) is 4.98 Å². The van der Waals surface area contributed by atoms with Crippen molar-refractivity contribution in [3.05, 3.63) is 53.2 Å². The minimum absolute atomic E-state index is 0.486. The molecule has 0 saturated carbocycles. The highest BCUT2D eigenvalue weighted by molar-refractivity contribution is 6.29. The van der Waals surface area contributed by atoms with E-state index in [0.717, 1.165) is 11.6 Å². The van der Waals surface area contributed by atoms with E-state index < -0.39 is 0 Å². The van der Waals surface area contributed by atoms with Gasteiger partial charge in [0.25, 0.3) is 0 Å². The molecule has 18 heavy (non-hydrogen) atoms. The third-order valence-corrected chi connectivity index (χ3v) is 2.59. The molecule has 0 aliphatic carbocycles. The molecule has 1 aromatic carbocycles. The molecule has 0 fully saturated rings. The van der Waals surface area contributed by atoms with Crippen LogP contribution in [0.2, 0.25) is 5.15 Å². The highest BCUT2D eigenvalue weighted by atomic mass is 35.5. The van der Waals surface area contributed by atoms with Gasteiger partial charge in [0, 0.05) is 0 Å². The van der Waals surface area contributed by atoms with E-state index in [-0.39, 0.29) is 0 Å². The Morgan fingerprint density at radius 3 is 2.83 bits per heavy atom. The molecule has 94 valence electrons. The number of pyridine rings is 1. The van der Waals surface area contributed by atoms with Gasteiger partial charge in [0.2, 0.25) is 0 Å². The fourth-order valence-corrected chi connectivity index (χ4v) is 1.72. The summed E-state index contributed by atoms with van der Waals surface area (Å²) >= 11 is 5.79. The van der Waals surface area contributed by atoms with Gasteiger partial charge in [0.05, 0.1) is 6.54 Å². The molecule has 2 aromatic rings. The lowest BCUT2D eigenvalue weighted by Crippen LogP contribution is -2.12. The predicted octanol–water partition coefficient (Wildman–Crippen LogP) is 3.53. The topological polar surface area (TPSA) is 34.1 Å². The maximum atomic E-state index is 5.79. The Kier molecular flexibility index (Phi) is 4.42. The molecule has 3 nitrogen and oxygen atoms in total. The van der Waals surface area contributed by atoms with Crippen LogP contribution in [0.5, 0.6) is 5.75 Å². The molecule has 2 rings (SSSR count). The first-order valence-corrected chi connectivity index (χ1v) is 6.18. The Morgan fingerprint density at radius 2 is 2.06 bits per heavy atom. The lowest BCUT2D eigenvalue weighted by atomic mass is 10.2. The van der Waals surface area contributed by atoms with Gasteiger partial charge >= 0.3 is 0 Å². The largest absolute Gasteiger partial charge is 0.492 e. The first-order valence-electron chi connectivity index (χ1n) is 5.80. The van der Waals surface area contributed by atoms with Crippen molar-refractivity contribution in [2.75, 3.05) is 18.5 Å². The Hall–Kier alpha value is -1.74. The number of benzene rings is 1. The van der Waals surface area contributed by atoms with Crippen LogP contribution in [0.15, 0.2) is 42.5 Å². The van der Waals surface area contributed by atoms with Crippen LogP contribution < -0.4 is 10.1 Å². The van der Waals surface area contributed by atoms with Gasteiger partial charge in [0.15, 0.2) is 0 Å². The summed E-state index contributed by atoms with van der Waals surface area (Å²) in [5.41, 5.74) is 1.19. The average molecular weight is 263 g/mol. The van der Waals surface area contributed by atoms with Crippen molar-refractivity contribution in [2.24, 2.45) is 0 Å². The second kappa shape index (κ2) is 6.26. The minimum atomic E-state index is 0.486. The van der Waals surface area contributed by atoms with Crippen LogP contribution in [-0.2, 0) is 0 Å². The first-order chi connectivity index (χ1) is 8.74. The van der Waals surface area contributed by atoms with E-state index in [1.807, 2.05) is 43.3 Å². The van der Waals surface area contributed by atoms with Crippen LogP contribution >= 0.6 is 11.6 Å². The molecule has 0 amide bonds. The highest BCUT2D eigenvalue weighted by Gasteiger charge is 1.96. The molecule has 0 atom stereocenters. The number of anilines is 1. The number of rotatable bonds is 5. The van der Waals surface area contributed by atoms with Crippen LogP contribution in [0.3, 0.4) is 0 Å². The van der Waals surface area contributed by atoms with Crippen LogP contribution in [0.1, 0.15) is 5.56 Å². The van der Waals surface area contributed by atoms with Crippen molar-refractivity contribution in [3.63, 3.8) is 0 Å². The summed E-state index contributed by atoms with van der Waals surface area (Å²) in [6.45, 7) is 3.31. The standard InChI is InChI=1S/C14H15ClN2O/c1-11-4-2-5-12(10-11)18-9-8-16-14-7-3-6-13(15)17-14/h2-7,10H,8-9H2,1H3,(H,16,17). The molecule has 0 bridgehead atoms. The SMILES string of the molecule is Cc1cccc(OCCNc2cccc(Cl)n2)c1. The maximum absolute atomic E-state index is 5.79. The van der Waals surface area contributed by atoms with Crippen molar-refractivity contribution in [1.29, 1.82) is 0 Å². The number of nitrogens with zero attached hydrogens (tertiary/aromatic N) is 1. The van der Waals surface area contributed by atoms with E-state index in [9.17, 15) is 0 Å². The summed E-state index contributed by atoms with van der Waals surface area (Å²) in [7, 11) is 0. The zero-order chi connectivity index (χ0) is 12.8. The Morgan fingerprint density at radius 1 is 1.22 bits per heavy atom. The van der Waals surface area contributed by atoms with Crippen molar-refractivity contribution in [2.45, 2.75) is 6.92 Å². The van der Waals surface area contributed by atoms with E-state index >= 15 is 0 Å². The fraction of sp³-hybridized carbons (Fsp3) is 0.214. The Balaban J connectivity index is 1.76. The predicted molar refractivity (Wildman–Crippen MR) is 74.4 cm³/mol. The lowest BCUT2D eigenvalue weighted by Gasteiger charge is -2.08. The normalized spacial score (nSPS) is 10.1. The first kappa shape index (κ1) is 12.7. The number of nitrogens with one attached hydrogen (secondary N) is 1. The summed E-state index contributed by atoms with van der Waals surface area (Å²) in [5.74, 6) is 1.64. The Bertz CT molecular complexity index is 469. The zero-order valence-corrected chi connectivity index (χ0v) is 10.9. The maximum Gasteiger partial charge on any atom is 0.131 e. The van der Waals surface area contributed by atoms with Gasteiger partial charge in [-0.3, -0.25) is 0 Å². The van der Waals surface area contributed by atoms with Crippen LogP contribution in [-0.4, -0.2) is 18.1 Å². The summed E-state index contributed by atoms with van der Waals surface area (Å²) in [6, 6.07) is 13.5. The number of hydrogen-bond donors (Lipinski definition) is 1. The van der Waals surface area contributed by atoms with Crippen molar-refractivity contribution >= 4 is 17.4 Å². The Labute approximate surface area is 112 Å². The molecular weight excluding hydrogens is 248 g/mol. The monoisotopic (exact) mass is 262 g/mol. The van der Waals surface area contributed by atoms with E-state index in [4.69, 9.17) is 16.3 Å². The molecule has 1 aromatic heterocycles. The molecule has 1 heterocycles. The van der Waals surface area contributed by atoms with Crippen molar-refractivity contribution < 1.29 is 4.74 Å². The molecule has 0 aliphatic rings. The molecule has 1 N–H and O–H groups in total. The summed E-state index contributed by atoms with van der Waals surface area (Å²) in [5, 5.41) is 3.64. The fourth-order valence-electron chi connectivity index (χ4n) is 1.56. The molecule has 0 aliphatic heterocycles. The lowest BCUT2D eigenvalue weighted by molar-refractivity contribution is 0.332. The molecule has 0 unspecified atom stereocenters. The summed E-state index contributed by atoms with van der Waals surface area (Å²) in [6.07, 6.45) is 0. The highest BCUT2D eigenvalue weighted by Crippen LogP contribution is 2.12. The zero-order valence-electron chi connectivity index (χ0n) is 10.2. The number of aryl methyl sites for hydroxylation is 1. The summed E-state index contributed by atoms with van der Waals surface area (Å²) < 4.78 is 5.62. The van der Waals surface area contributed by atoms with Gasteiger partial charge < -0.3 is 10.1 Å². The second-order valence-corrected chi connectivity index (χ2v) is 4.32. The molecule has 0 saturated heterocycles. The molecular formula is C14H15ClN2O. The third kappa shape index (κ3) is 3.93. The number of halogens is 1. The van der Waals surface area contributed by atoms with E-state index in [1.54, 1.807) is 6.07 Å². The van der Waals surface area contributed by atoms with Crippen LogP contribution in [0, 0.1) is 6.92 Å². The van der Waals surface area contributed by atoms with Crippen LogP contribution in [0.25, 0.3) is 0 Å². The number of aromatic nitrogens is 1. The number of ether oxygens (including phenoxy) is 1. The van der Waals surface area contributed by atoms with Crippen molar-refractivity contribution in [1.82, 2.24) is 4.98 Å². The molecule has 4 heteroatoms. The van der Waals surface area contributed by atoms with Gasteiger partial charge in [-0.2, -0.15) is 0 Å². The third-order valence-electron chi connectivity index (χ3n) is 2.38. The summed E-state index contributed by atoms with van der Waals surface area (Å²) in [4.78, 5) is 4.13. The number of hydrogen-bond acceptors (Lipinski definition) is 3. The smallest absolute Gasteiger partial charge is 0.131 e. The molecule has 0 radical (unpaired) electrons. The van der Waals surface area contributed by atoms with Crippen molar-refractivity contribution in [3.8, 4) is 5.75 Å². The van der Waals surface area contributed by atoms with Gasteiger partial charge in [0.1, 0.15) is 23.3 Å². The minimum Gasteiger partial charge on any atom is -0.492 e. The molecule has 0 spiro atoms. The van der Waals surface area contributed by atoms with E-state index in [2.05, 4.69) is 10.3 Å². The second-order valence-electron chi connectivity index (χ2n) is 3.94. The average Bonchev–Trinajstić information content (AvgIpc) is 2.35. The van der Waals surface area contributed by atoms with Crippen LogP contribution in [0.4, 0.5) is 5.82 Å². The van der Waals surface area contributed by atoms with E-state index in [0.29, 0.717) is 18.3 Å². The van der Waals surface area contributed by atoms with E-state index in [1.165, 1.54) is 5.56 Å².